The molecule has 3 atom stereocenters. The van der Waals surface area contributed by atoms with Crippen LogP contribution in [0.5, 0.6) is 0 Å². The first-order chi connectivity index (χ1) is 6.49. The SMILES string of the molecule is CC(C#N)C(=O)NC1(C)CCOC1C. The summed E-state index contributed by atoms with van der Waals surface area (Å²) in [6.45, 7) is 6.15. The van der Waals surface area contributed by atoms with E-state index in [9.17, 15) is 4.79 Å². The molecular formula is C10H16N2O2. The van der Waals surface area contributed by atoms with Gasteiger partial charge in [0.25, 0.3) is 0 Å². The fraction of sp³-hybridized carbons (Fsp3) is 0.800. The third-order valence-corrected chi connectivity index (χ3v) is 2.88. The molecule has 1 rings (SSSR count). The van der Waals surface area contributed by atoms with Gasteiger partial charge in [-0.05, 0) is 27.2 Å². The average molecular weight is 196 g/mol. The number of hydrogen-bond donors (Lipinski definition) is 1. The van der Waals surface area contributed by atoms with Crippen molar-refractivity contribution in [3.8, 4) is 6.07 Å². The van der Waals surface area contributed by atoms with Crippen LogP contribution in [0.2, 0.25) is 0 Å². The Morgan fingerprint density at radius 2 is 2.43 bits per heavy atom. The smallest absolute Gasteiger partial charge is 0.237 e. The second-order valence-corrected chi connectivity index (χ2v) is 4.02. The molecule has 3 unspecified atom stereocenters. The summed E-state index contributed by atoms with van der Waals surface area (Å²) in [5.41, 5.74) is -0.317. The molecule has 0 aromatic heterocycles. The highest BCUT2D eigenvalue weighted by Gasteiger charge is 2.38. The van der Waals surface area contributed by atoms with Gasteiger partial charge >= 0.3 is 0 Å². The topological polar surface area (TPSA) is 62.1 Å². The number of nitrogens with one attached hydrogen (secondary N) is 1. The molecule has 4 nitrogen and oxygen atoms in total. The van der Waals surface area contributed by atoms with Crippen LogP contribution in [0.25, 0.3) is 0 Å². The predicted molar refractivity (Wildman–Crippen MR) is 51.4 cm³/mol. The Hall–Kier alpha value is -1.08. The van der Waals surface area contributed by atoms with Gasteiger partial charge in [0, 0.05) is 6.61 Å². The van der Waals surface area contributed by atoms with Gasteiger partial charge in [0.05, 0.1) is 17.7 Å². The second kappa shape index (κ2) is 3.97. The first-order valence-corrected chi connectivity index (χ1v) is 4.83. The van der Waals surface area contributed by atoms with Crippen LogP contribution in [-0.2, 0) is 9.53 Å². The van der Waals surface area contributed by atoms with E-state index in [2.05, 4.69) is 5.32 Å². The normalized spacial score (nSPS) is 33.4. The largest absolute Gasteiger partial charge is 0.376 e. The molecule has 4 heteroatoms. The molecule has 1 N–H and O–H groups in total. The Morgan fingerprint density at radius 3 is 2.86 bits per heavy atom. The second-order valence-electron chi connectivity index (χ2n) is 4.02. The van der Waals surface area contributed by atoms with E-state index in [4.69, 9.17) is 10.00 Å². The quantitative estimate of drug-likeness (QED) is 0.711. The van der Waals surface area contributed by atoms with Crippen molar-refractivity contribution in [2.75, 3.05) is 6.61 Å². The Balaban J connectivity index is 2.60. The van der Waals surface area contributed by atoms with Crippen LogP contribution in [0, 0.1) is 17.2 Å². The van der Waals surface area contributed by atoms with Gasteiger partial charge in [-0.1, -0.05) is 0 Å². The van der Waals surface area contributed by atoms with Gasteiger partial charge in [0.2, 0.25) is 5.91 Å². The third kappa shape index (κ3) is 2.05. The molecule has 0 aliphatic carbocycles. The van der Waals surface area contributed by atoms with Crippen LogP contribution in [-0.4, -0.2) is 24.2 Å². The molecule has 1 aliphatic rings. The van der Waals surface area contributed by atoms with E-state index in [1.165, 1.54) is 0 Å². The molecule has 0 radical (unpaired) electrons. The Bertz CT molecular complexity index is 272. The summed E-state index contributed by atoms with van der Waals surface area (Å²) in [4.78, 5) is 11.5. The molecule has 0 spiro atoms. The van der Waals surface area contributed by atoms with Crippen molar-refractivity contribution in [1.29, 1.82) is 5.26 Å². The summed E-state index contributed by atoms with van der Waals surface area (Å²) in [6.07, 6.45) is 0.815. The summed E-state index contributed by atoms with van der Waals surface area (Å²) < 4.78 is 5.39. The number of amides is 1. The van der Waals surface area contributed by atoms with Crippen molar-refractivity contribution in [3.05, 3.63) is 0 Å². The predicted octanol–water partition coefficient (Wildman–Crippen LogP) is 0.830. The molecule has 1 amide bonds. The summed E-state index contributed by atoms with van der Waals surface area (Å²) in [6, 6.07) is 1.92. The Labute approximate surface area is 84.2 Å². The highest BCUT2D eigenvalue weighted by atomic mass is 16.5. The highest BCUT2D eigenvalue weighted by Crippen LogP contribution is 2.25. The van der Waals surface area contributed by atoms with E-state index in [0.29, 0.717) is 6.61 Å². The molecule has 14 heavy (non-hydrogen) atoms. The number of ether oxygens (including phenoxy) is 1. The maximum absolute atomic E-state index is 11.5. The van der Waals surface area contributed by atoms with E-state index in [1.807, 2.05) is 19.9 Å². The van der Waals surface area contributed by atoms with Gasteiger partial charge in [-0.25, -0.2) is 0 Å². The van der Waals surface area contributed by atoms with Crippen molar-refractivity contribution >= 4 is 5.91 Å². The summed E-state index contributed by atoms with van der Waals surface area (Å²) in [5.74, 6) is -0.813. The molecule has 0 aromatic carbocycles. The number of nitrogens with zero attached hydrogens (tertiary/aromatic N) is 1. The van der Waals surface area contributed by atoms with Crippen LogP contribution < -0.4 is 5.32 Å². The monoisotopic (exact) mass is 196 g/mol. The van der Waals surface area contributed by atoms with Crippen LogP contribution in [0.1, 0.15) is 27.2 Å². The van der Waals surface area contributed by atoms with Gasteiger partial charge < -0.3 is 10.1 Å². The zero-order chi connectivity index (χ0) is 10.8. The maximum Gasteiger partial charge on any atom is 0.237 e. The molecule has 0 aromatic rings. The van der Waals surface area contributed by atoms with Crippen molar-refractivity contribution in [2.45, 2.75) is 38.8 Å². The number of carbonyl (C=O) groups is 1. The Morgan fingerprint density at radius 1 is 1.79 bits per heavy atom. The first-order valence-electron chi connectivity index (χ1n) is 4.83. The lowest BCUT2D eigenvalue weighted by Crippen LogP contribution is -2.52. The zero-order valence-corrected chi connectivity index (χ0v) is 8.83. The van der Waals surface area contributed by atoms with Crippen LogP contribution in [0.3, 0.4) is 0 Å². The number of nitriles is 1. The molecule has 0 saturated carbocycles. The highest BCUT2D eigenvalue weighted by molar-refractivity contribution is 5.81. The van der Waals surface area contributed by atoms with Crippen molar-refractivity contribution < 1.29 is 9.53 Å². The van der Waals surface area contributed by atoms with Crippen molar-refractivity contribution in [1.82, 2.24) is 5.32 Å². The van der Waals surface area contributed by atoms with Crippen LogP contribution in [0.4, 0.5) is 0 Å². The molecule has 1 aliphatic heterocycles. The molecule has 1 saturated heterocycles. The standard InChI is InChI=1S/C10H16N2O2/c1-7(6-11)9(13)12-10(3)4-5-14-8(10)2/h7-8H,4-5H2,1-3H3,(H,12,13). The van der Waals surface area contributed by atoms with E-state index in [-0.39, 0.29) is 17.6 Å². The van der Waals surface area contributed by atoms with E-state index in [1.54, 1.807) is 6.92 Å². The average Bonchev–Trinajstić information content (AvgIpc) is 2.45. The zero-order valence-electron chi connectivity index (χ0n) is 8.83. The minimum atomic E-state index is -0.598. The molecule has 0 bridgehead atoms. The molecule has 1 fully saturated rings. The minimum absolute atomic E-state index is 0.0114. The number of rotatable bonds is 2. The summed E-state index contributed by atoms with van der Waals surface area (Å²) >= 11 is 0. The lowest BCUT2D eigenvalue weighted by Gasteiger charge is -2.29. The van der Waals surface area contributed by atoms with E-state index >= 15 is 0 Å². The van der Waals surface area contributed by atoms with Gasteiger partial charge in [0.15, 0.2) is 0 Å². The van der Waals surface area contributed by atoms with Gasteiger partial charge in [0.1, 0.15) is 5.92 Å². The van der Waals surface area contributed by atoms with Crippen molar-refractivity contribution in [3.63, 3.8) is 0 Å². The van der Waals surface area contributed by atoms with Crippen LogP contribution >= 0.6 is 0 Å². The lowest BCUT2D eigenvalue weighted by atomic mass is 9.94. The van der Waals surface area contributed by atoms with Gasteiger partial charge in [-0.3, -0.25) is 4.79 Å². The number of carbonyl (C=O) groups excluding carboxylic acids is 1. The summed E-state index contributed by atoms with van der Waals surface area (Å²) in [5, 5.41) is 11.5. The van der Waals surface area contributed by atoms with E-state index < -0.39 is 5.92 Å². The Kier molecular flexibility index (Phi) is 3.12. The third-order valence-electron chi connectivity index (χ3n) is 2.88. The lowest BCUT2D eigenvalue weighted by molar-refractivity contribution is -0.125. The fourth-order valence-corrected chi connectivity index (χ4v) is 1.45. The fourth-order valence-electron chi connectivity index (χ4n) is 1.45. The van der Waals surface area contributed by atoms with E-state index in [0.717, 1.165) is 6.42 Å². The van der Waals surface area contributed by atoms with Crippen molar-refractivity contribution in [2.24, 2.45) is 5.92 Å². The van der Waals surface area contributed by atoms with Gasteiger partial charge in [-0.2, -0.15) is 5.26 Å². The van der Waals surface area contributed by atoms with Gasteiger partial charge in [-0.15, -0.1) is 0 Å². The molecule has 1 heterocycles. The van der Waals surface area contributed by atoms with Crippen LogP contribution in [0.15, 0.2) is 0 Å². The molecule has 78 valence electrons. The molecular weight excluding hydrogens is 180 g/mol. The summed E-state index contributed by atoms with van der Waals surface area (Å²) in [7, 11) is 0. The number of hydrogen-bond acceptors (Lipinski definition) is 3. The maximum atomic E-state index is 11.5. The first kappa shape index (κ1) is 11.0. The minimum Gasteiger partial charge on any atom is -0.376 e.